The summed E-state index contributed by atoms with van der Waals surface area (Å²) in [5.74, 6) is 0.851. The molecule has 0 spiro atoms. The average molecular weight is 329 g/mol. The predicted octanol–water partition coefficient (Wildman–Crippen LogP) is 3.78. The van der Waals surface area contributed by atoms with Gasteiger partial charge >= 0.3 is 8.56 Å². The molecule has 0 atom stereocenters. The Morgan fingerprint density at radius 1 is 0.652 bits per heavy atom. The maximum atomic E-state index is 6.16. The van der Waals surface area contributed by atoms with Gasteiger partial charge in [0.1, 0.15) is 0 Å². The van der Waals surface area contributed by atoms with Crippen LogP contribution in [0.4, 0.5) is 0 Å². The van der Waals surface area contributed by atoms with E-state index in [1.807, 2.05) is 0 Å². The number of benzene rings is 2. The van der Waals surface area contributed by atoms with Crippen LogP contribution in [0.1, 0.15) is 50.7 Å². The highest BCUT2D eigenvalue weighted by Crippen LogP contribution is 2.21. The largest absolute Gasteiger partial charge is 0.407 e. The molecule has 0 aromatic heterocycles. The Hall–Kier alpha value is -1.42. The Labute approximate surface area is 141 Å². The Kier molecular flexibility index (Phi) is 5.79. The van der Waals surface area contributed by atoms with Crippen LogP contribution in [0.5, 0.6) is 0 Å². The fourth-order valence-corrected chi connectivity index (χ4v) is 6.74. The van der Waals surface area contributed by atoms with Crippen molar-refractivity contribution in [2.45, 2.75) is 39.5 Å². The van der Waals surface area contributed by atoms with Crippen LogP contribution in [0.3, 0.4) is 0 Å². The van der Waals surface area contributed by atoms with E-state index in [0.29, 0.717) is 11.8 Å². The van der Waals surface area contributed by atoms with Gasteiger partial charge in [0.25, 0.3) is 0 Å². The molecule has 0 amide bonds. The highest BCUT2D eigenvalue weighted by molar-refractivity contribution is 6.93. The molecule has 0 heterocycles. The molecule has 0 aliphatic rings. The van der Waals surface area contributed by atoms with Gasteiger partial charge in [-0.25, -0.2) is 0 Å². The van der Waals surface area contributed by atoms with Crippen molar-refractivity contribution in [3.63, 3.8) is 0 Å². The molecule has 2 aromatic carbocycles. The number of hydrogen-bond acceptors (Lipinski definition) is 2. The molecule has 0 fully saturated rings. The van der Waals surface area contributed by atoms with E-state index in [2.05, 4.69) is 76.2 Å². The highest BCUT2D eigenvalue weighted by Gasteiger charge is 2.44. The second kappa shape index (κ2) is 7.43. The molecule has 0 radical (unpaired) electrons. The summed E-state index contributed by atoms with van der Waals surface area (Å²) in [6, 6.07) is 17.1. The van der Waals surface area contributed by atoms with Gasteiger partial charge in [0, 0.05) is 24.6 Å². The van der Waals surface area contributed by atoms with E-state index in [1.165, 1.54) is 21.5 Å². The van der Waals surface area contributed by atoms with Crippen LogP contribution < -0.4 is 10.4 Å². The lowest BCUT2D eigenvalue weighted by Gasteiger charge is -2.33. The highest BCUT2D eigenvalue weighted by atomic mass is 28.4. The lowest BCUT2D eigenvalue weighted by molar-refractivity contribution is 0.272. The van der Waals surface area contributed by atoms with Crippen LogP contribution in [0.25, 0.3) is 0 Å². The van der Waals surface area contributed by atoms with Gasteiger partial charge in [-0.05, 0) is 23.0 Å². The molecule has 124 valence electrons. The summed E-state index contributed by atoms with van der Waals surface area (Å²) in [6.07, 6.45) is 0. The van der Waals surface area contributed by atoms with Gasteiger partial charge in [0.05, 0.1) is 0 Å². The molecule has 2 aromatic rings. The standard InChI is InChI=1S/C20H28O2Si/c1-15(2)17-11-7-9-13-19(17)23(21-5,22-6)20-14-10-8-12-18(20)16(3)4/h7-16H,1-6H3. The van der Waals surface area contributed by atoms with Gasteiger partial charge in [-0.2, -0.15) is 0 Å². The third-order valence-electron chi connectivity index (χ3n) is 4.45. The Morgan fingerprint density at radius 3 is 1.30 bits per heavy atom. The first-order valence-corrected chi connectivity index (χ1v) is 10.1. The quantitative estimate of drug-likeness (QED) is 0.751. The molecule has 0 bridgehead atoms. The molecule has 0 aliphatic carbocycles. The maximum Gasteiger partial charge on any atom is 0.407 e. The van der Waals surface area contributed by atoms with E-state index in [-0.39, 0.29) is 0 Å². The van der Waals surface area contributed by atoms with Crippen molar-refractivity contribution in [1.29, 1.82) is 0 Å². The van der Waals surface area contributed by atoms with Crippen LogP contribution in [0.2, 0.25) is 0 Å². The number of hydrogen-bond donors (Lipinski definition) is 0. The minimum Gasteiger partial charge on any atom is -0.391 e. The normalized spacial score (nSPS) is 12.2. The maximum absolute atomic E-state index is 6.16. The average Bonchev–Trinajstić information content (AvgIpc) is 2.57. The summed E-state index contributed by atoms with van der Waals surface area (Å²) in [4.78, 5) is 0. The summed E-state index contributed by atoms with van der Waals surface area (Å²) in [7, 11) is 0.853. The van der Waals surface area contributed by atoms with E-state index in [9.17, 15) is 0 Å². The minimum absolute atomic E-state index is 0.426. The predicted molar refractivity (Wildman–Crippen MR) is 100 cm³/mol. The van der Waals surface area contributed by atoms with Gasteiger partial charge in [-0.1, -0.05) is 76.2 Å². The van der Waals surface area contributed by atoms with Gasteiger partial charge < -0.3 is 8.85 Å². The van der Waals surface area contributed by atoms with Crippen molar-refractivity contribution in [3.8, 4) is 0 Å². The fourth-order valence-electron chi connectivity index (χ4n) is 3.27. The van der Waals surface area contributed by atoms with Gasteiger partial charge in [0.15, 0.2) is 0 Å². The summed E-state index contributed by atoms with van der Waals surface area (Å²) in [5.41, 5.74) is 2.61. The van der Waals surface area contributed by atoms with Crippen molar-refractivity contribution in [1.82, 2.24) is 0 Å². The topological polar surface area (TPSA) is 18.5 Å². The first kappa shape index (κ1) is 17.9. The van der Waals surface area contributed by atoms with E-state index < -0.39 is 8.56 Å². The molecule has 23 heavy (non-hydrogen) atoms. The zero-order valence-electron chi connectivity index (χ0n) is 15.1. The molecule has 2 rings (SSSR count). The first-order chi connectivity index (χ1) is 11.0. The van der Waals surface area contributed by atoms with Crippen LogP contribution in [-0.2, 0) is 8.85 Å². The molecule has 0 saturated carbocycles. The van der Waals surface area contributed by atoms with Crippen LogP contribution in [-0.4, -0.2) is 22.8 Å². The zero-order chi connectivity index (χ0) is 17.0. The fraction of sp³-hybridized carbons (Fsp3) is 0.400. The van der Waals surface area contributed by atoms with Crippen LogP contribution >= 0.6 is 0 Å². The molecule has 0 aliphatic heterocycles. The monoisotopic (exact) mass is 328 g/mol. The third-order valence-corrected chi connectivity index (χ3v) is 7.93. The molecular weight excluding hydrogens is 300 g/mol. The number of rotatable bonds is 6. The van der Waals surface area contributed by atoms with Crippen molar-refractivity contribution in [2.75, 3.05) is 14.2 Å². The Balaban J connectivity index is 2.76. The van der Waals surface area contributed by atoms with Gasteiger partial charge in [0.2, 0.25) is 0 Å². The zero-order valence-corrected chi connectivity index (χ0v) is 16.1. The lowest BCUT2D eigenvalue weighted by Crippen LogP contribution is -2.64. The van der Waals surface area contributed by atoms with Crippen molar-refractivity contribution in [2.24, 2.45) is 0 Å². The SMILES string of the molecule is CO[Si](OC)(c1ccccc1C(C)C)c1ccccc1C(C)C. The van der Waals surface area contributed by atoms with Crippen LogP contribution in [0.15, 0.2) is 48.5 Å². The van der Waals surface area contributed by atoms with Gasteiger partial charge in [-0.15, -0.1) is 0 Å². The Bertz CT molecular complexity index is 592. The van der Waals surface area contributed by atoms with Gasteiger partial charge in [-0.3, -0.25) is 0 Å². The molecule has 0 N–H and O–H groups in total. The van der Waals surface area contributed by atoms with E-state index in [4.69, 9.17) is 8.85 Å². The molecule has 0 saturated heterocycles. The Morgan fingerprint density at radius 2 is 1.00 bits per heavy atom. The summed E-state index contributed by atoms with van der Waals surface area (Å²) in [5, 5.41) is 2.43. The molecular formula is C20H28O2Si. The summed E-state index contributed by atoms with van der Waals surface area (Å²) in [6.45, 7) is 8.88. The van der Waals surface area contributed by atoms with E-state index in [1.54, 1.807) is 14.2 Å². The second-order valence-electron chi connectivity index (χ2n) is 6.51. The van der Waals surface area contributed by atoms with Crippen molar-refractivity contribution >= 4 is 18.9 Å². The third kappa shape index (κ3) is 3.27. The van der Waals surface area contributed by atoms with Crippen molar-refractivity contribution in [3.05, 3.63) is 59.7 Å². The molecule has 3 heteroatoms. The summed E-state index contributed by atoms with van der Waals surface area (Å²) >= 11 is 0. The molecule has 2 nitrogen and oxygen atoms in total. The van der Waals surface area contributed by atoms with E-state index in [0.717, 1.165) is 0 Å². The minimum atomic E-state index is -2.71. The lowest BCUT2D eigenvalue weighted by atomic mass is 10.0. The second-order valence-corrected chi connectivity index (χ2v) is 9.64. The first-order valence-electron chi connectivity index (χ1n) is 8.27. The smallest absolute Gasteiger partial charge is 0.391 e. The van der Waals surface area contributed by atoms with Crippen LogP contribution in [0, 0.1) is 0 Å². The van der Waals surface area contributed by atoms with Crippen molar-refractivity contribution < 1.29 is 8.85 Å². The molecule has 0 unspecified atom stereocenters. The summed E-state index contributed by atoms with van der Waals surface area (Å²) < 4.78 is 12.3. The van der Waals surface area contributed by atoms with E-state index >= 15 is 0 Å².